The van der Waals surface area contributed by atoms with Gasteiger partial charge < -0.3 is 4.42 Å². The Morgan fingerprint density at radius 3 is 2.45 bits per heavy atom. The van der Waals surface area contributed by atoms with Crippen LogP contribution in [0.2, 0.25) is 0 Å². The summed E-state index contributed by atoms with van der Waals surface area (Å²) in [6.45, 7) is 11.7. The first-order valence-electron chi connectivity index (χ1n) is 16.3. The van der Waals surface area contributed by atoms with E-state index < -0.39 is 6.37 Å². The van der Waals surface area contributed by atoms with Gasteiger partial charge in [-0.15, -0.1) is 0 Å². The lowest BCUT2D eigenvalue weighted by Gasteiger charge is -2.42. The van der Waals surface area contributed by atoms with E-state index in [1.807, 2.05) is 12.3 Å². The predicted octanol–water partition coefficient (Wildman–Crippen LogP) is 10.0. The van der Waals surface area contributed by atoms with Gasteiger partial charge >= 0.3 is 0 Å². The maximum absolute atomic E-state index is 9.15. The molecule has 5 aromatic rings. The molecule has 0 radical (unpaired) electrons. The summed E-state index contributed by atoms with van der Waals surface area (Å²) in [6.07, 6.45) is 8.45. The van der Waals surface area contributed by atoms with E-state index in [4.69, 9.17) is 7.16 Å². The van der Waals surface area contributed by atoms with Gasteiger partial charge in [-0.3, -0.25) is 0 Å². The first-order chi connectivity index (χ1) is 19.9. The predicted molar refractivity (Wildman–Crippen MR) is 168 cm³/mol. The second-order valence-electron chi connectivity index (χ2n) is 14.0. The molecule has 0 spiro atoms. The number of aryl methyl sites for hydroxylation is 2. The summed E-state index contributed by atoms with van der Waals surface area (Å²) in [5.41, 5.74) is 8.99. The largest absolute Gasteiger partial charge is 0.455 e. The summed E-state index contributed by atoms with van der Waals surface area (Å²) in [5.74, 6) is 0.0717. The van der Waals surface area contributed by atoms with Gasteiger partial charge in [0, 0.05) is 25.6 Å². The highest BCUT2D eigenvalue weighted by molar-refractivity contribution is 6.14. The molecule has 0 saturated heterocycles. The zero-order chi connectivity index (χ0) is 29.6. The first-order valence-corrected chi connectivity index (χ1v) is 15.3. The lowest BCUT2D eigenvalue weighted by molar-refractivity contribution is -0.660. The molecule has 0 unspecified atom stereocenters. The SMILES string of the molecule is [2H]C([2H])(c1cc[n+](C)c(-c2c(C)ccc3c2oc2cc4c5c(ccc4cc23)C(C)(C)CCC5(C)C)c1)C1CCCCC1. The highest BCUT2D eigenvalue weighted by Crippen LogP contribution is 2.49. The summed E-state index contributed by atoms with van der Waals surface area (Å²) in [5, 5.41) is 4.84. The van der Waals surface area contributed by atoms with Crippen molar-refractivity contribution < 1.29 is 11.7 Å². The third-order valence-electron chi connectivity index (χ3n) is 10.2. The molecule has 2 aromatic heterocycles. The number of furan rings is 1. The van der Waals surface area contributed by atoms with Crippen LogP contribution in [0.25, 0.3) is 44.0 Å². The van der Waals surface area contributed by atoms with E-state index >= 15 is 0 Å². The normalized spacial score (nSPS) is 20.1. The number of hydrogen-bond donors (Lipinski definition) is 0. The van der Waals surface area contributed by atoms with E-state index in [2.05, 4.69) is 88.7 Å². The molecule has 7 rings (SSSR count). The fourth-order valence-corrected chi connectivity index (χ4v) is 7.64. The number of aromatic nitrogens is 1. The van der Waals surface area contributed by atoms with E-state index in [1.165, 1.54) is 41.2 Å². The minimum atomic E-state index is -1.35. The maximum Gasteiger partial charge on any atom is 0.216 e. The van der Waals surface area contributed by atoms with E-state index in [9.17, 15) is 0 Å². The maximum atomic E-state index is 9.15. The van der Waals surface area contributed by atoms with Crippen molar-refractivity contribution in [1.29, 1.82) is 0 Å². The number of benzene rings is 3. The van der Waals surface area contributed by atoms with Gasteiger partial charge in [-0.05, 0) is 88.0 Å². The molecule has 2 aliphatic rings. The molecule has 0 aliphatic heterocycles. The number of pyridine rings is 1. The summed E-state index contributed by atoms with van der Waals surface area (Å²) >= 11 is 0. The molecule has 2 heterocycles. The summed E-state index contributed by atoms with van der Waals surface area (Å²) in [4.78, 5) is 0. The molecular weight excluding hydrogens is 486 g/mol. The Morgan fingerprint density at radius 1 is 0.875 bits per heavy atom. The van der Waals surface area contributed by atoms with E-state index in [1.54, 1.807) is 0 Å². The van der Waals surface area contributed by atoms with Gasteiger partial charge in [0.05, 0.1) is 5.56 Å². The first kappa shape index (κ1) is 23.6. The van der Waals surface area contributed by atoms with Crippen molar-refractivity contribution in [2.45, 2.75) is 96.8 Å². The molecule has 2 aliphatic carbocycles. The minimum Gasteiger partial charge on any atom is -0.455 e. The summed E-state index contributed by atoms with van der Waals surface area (Å²) < 4.78 is 27.2. The van der Waals surface area contributed by atoms with Gasteiger partial charge in [0.25, 0.3) is 0 Å². The second-order valence-corrected chi connectivity index (χ2v) is 14.0. The average Bonchev–Trinajstić information content (AvgIpc) is 3.32. The molecule has 0 bridgehead atoms. The highest BCUT2D eigenvalue weighted by Gasteiger charge is 2.38. The van der Waals surface area contributed by atoms with Crippen molar-refractivity contribution in [1.82, 2.24) is 0 Å². The van der Waals surface area contributed by atoms with Crippen LogP contribution in [0.15, 0.2) is 59.1 Å². The molecule has 0 N–H and O–H groups in total. The molecule has 0 amide bonds. The van der Waals surface area contributed by atoms with Crippen LogP contribution in [-0.4, -0.2) is 0 Å². The summed E-state index contributed by atoms with van der Waals surface area (Å²) in [7, 11) is 2.06. The van der Waals surface area contributed by atoms with E-state index in [0.717, 1.165) is 70.0 Å². The number of hydrogen-bond acceptors (Lipinski definition) is 1. The molecule has 206 valence electrons. The standard InChI is InChI=1S/C38H44NO/c1-24-12-14-28-30-22-27-13-15-31-35(38(4,5)18-17-37(31,2)3)29(27)23-33(30)40-36(28)34(24)32-21-26(16-19-39(32)6)20-25-10-8-7-9-11-25/h12-16,19,21-23,25H,7-11,17-18,20H2,1-6H3/q+1/i20D2. The Morgan fingerprint density at radius 2 is 1.65 bits per heavy atom. The van der Waals surface area contributed by atoms with Crippen molar-refractivity contribution in [3.8, 4) is 11.3 Å². The van der Waals surface area contributed by atoms with Gasteiger partial charge in [0.2, 0.25) is 5.69 Å². The van der Waals surface area contributed by atoms with E-state index in [0.29, 0.717) is 0 Å². The average molecular weight is 533 g/mol. The van der Waals surface area contributed by atoms with Crippen LogP contribution in [0, 0.1) is 12.8 Å². The number of fused-ring (bicyclic) bond motifs is 6. The van der Waals surface area contributed by atoms with Crippen molar-refractivity contribution in [2.24, 2.45) is 13.0 Å². The molecule has 3 aromatic carbocycles. The molecular formula is C38H44NO+. The smallest absolute Gasteiger partial charge is 0.216 e. The third kappa shape index (κ3) is 4.09. The van der Waals surface area contributed by atoms with Crippen LogP contribution >= 0.6 is 0 Å². The second kappa shape index (κ2) is 9.20. The van der Waals surface area contributed by atoms with Crippen LogP contribution in [0.4, 0.5) is 0 Å². The fourth-order valence-electron chi connectivity index (χ4n) is 7.64. The Labute approximate surface area is 242 Å². The zero-order valence-corrected chi connectivity index (χ0v) is 25.1. The van der Waals surface area contributed by atoms with E-state index in [-0.39, 0.29) is 16.7 Å². The number of rotatable bonds is 3. The van der Waals surface area contributed by atoms with Crippen LogP contribution < -0.4 is 4.57 Å². The van der Waals surface area contributed by atoms with Gasteiger partial charge in [0.1, 0.15) is 18.2 Å². The Kier molecular flexibility index (Phi) is 5.42. The lowest BCUT2D eigenvalue weighted by atomic mass is 9.62. The van der Waals surface area contributed by atoms with Gasteiger partial charge in [-0.2, -0.15) is 0 Å². The van der Waals surface area contributed by atoms with Crippen molar-refractivity contribution in [3.63, 3.8) is 0 Å². The van der Waals surface area contributed by atoms with Gasteiger partial charge in [-0.1, -0.05) is 84.1 Å². The molecule has 1 fully saturated rings. The minimum absolute atomic E-state index is 0.0717. The van der Waals surface area contributed by atoms with Gasteiger partial charge in [-0.25, -0.2) is 4.57 Å². The van der Waals surface area contributed by atoms with Crippen LogP contribution in [0.1, 0.15) is 97.6 Å². The molecule has 0 atom stereocenters. The lowest BCUT2D eigenvalue weighted by Crippen LogP contribution is -2.34. The fraction of sp³-hybridized carbons (Fsp3) is 0.447. The quantitative estimate of drug-likeness (QED) is 0.211. The molecule has 1 saturated carbocycles. The van der Waals surface area contributed by atoms with Crippen molar-refractivity contribution in [2.75, 3.05) is 0 Å². The van der Waals surface area contributed by atoms with Crippen molar-refractivity contribution in [3.05, 3.63) is 77.0 Å². The third-order valence-corrected chi connectivity index (χ3v) is 10.2. The van der Waals surface area contributed by atoms with Crippen LogP contribution in [-0.2, 0) is 24.3 Å². The monoisotopic (exact) mass is 532 g/mol. The van der Waals surface area contributed by atoms with Crippen molar-refractivity contribution >= 4 is 32.7 Å². The zero-order valence-electron chi connectivity index (χ0n) is 27.1. The van der Waals surface area contributed by atoms with Crippen LogP contribution in [0.3, 0.4) is 0 Å². The number of nitrogens with zero attached hydrogens (tertiary/aromatic N) is 1. The Hall–Kier alpha value is -3.13. The van der Waals surface area contributed by atoms with Gasteiger partial charge in [0.15, 0.2) is 6.20 Å². The Balaban J connectivity index is 1.45. The highest BCUT2D eigenvalue weighted by atomic mass is 16.3. The molecule has 2 heteroatoms. The Bertz CT molecular complexity index is 1870. The molecule has 40 heavy (non-hydrogen) atoms. The topological polar surface area (TPSA) is 17.0 Å². The summed E-state index contributed by atoms with van der Waals surface area (Å²) in [6, 6.07) is 17.7. The molecule has 2 nitrogen and oxygen atoms in total. The van der Waals surface area contributed by atoms with Crippen LogP contribution in [0.5, 0.6) is 0 Å².